The predicted octanol–water partition coefficient (Wildman–Crippen LogP) is 8.90. The van der Waals surface area contributed by atoms with E-state index in [4.69, 9.17) is 13.8 Å². The fraction of sp³-hybridized carbons (Fsp3) is 0. The zero-order valence-electron chi connectivity index (χ0n) is 19.6. The summed E-state index contributed by atoms with van der Waals surface area (Å²) in [5.41, 5.74) is 6.91. The van der Waals surface area contributed by atoms with E-state index in [0.29, 0.717) is 0 Å². The molecule has 0 atom stereocenters. The minimum atomic E-state index is 0.750. The summed E-state index contributed by atoms with van der Waals surface area (Å²) >= 11 is 0. The molecular formula is C32H19N3O2. The monoisotopic (exact) mass is 477 g/mol. The second-order valence-corrected chi connectivity index (χ2v) is 9.16. The molecule has 0 bridgehead atoms. The van der Waals surface area contributed by atoms with Crippen LogP contribution in [0.4, 0.5) is 17.1 Å². The molecule has 5 nitrogen and oxygen atoms in total. The van der Waals surface area contributed by atoms with E-state index >= 15 is 0 Å². The Balaban J connectivity index is 1.37. The molecule has 8 aromatic rings. The molecule has 0 aliphatic carbocycles. The van der Waals surface area contributed by atoms with Crippen molar-refractivity contribution in [2.75, 3.05) is 4.90 Å². The number of pyridine rings is 2. The highest BCUT2D eigenvalue weighted by atomic mass is 16.3. The maximum Gasteiger partial charge on any atom is 0.155 e. The summed E-state index contributed by atoms with van der Waals surface area (Å²) in [4.78, 5) is 11.2. The van der Waals surface area contributed by atoms with Gasteiger partial charge in [0.2, 0.25) is 0 Å². The largest absolute Gasteiger partial charge is 0.454 e. The molecule has 0 aliphatic heterocycles. The van der Waals surface area contributed by atoms with Gasteiger partial charge < -0.3 is 13.7 Å². The zero-order valence-corrected chi connectivity index (χ0v) is 19.6. The molecule has 37 heavy (non-hydrogen) atoms. The number of anilines is 3. The number of hydrogen-bond donors (Lipinski definition) is 0. The van der Waals surface area contributed by atoms with Crippen LogP contribution in [0.5, 0.6) is 0 Å². The zero-order chi connectivity index (χ0) is 24.3. The average molecular weight is 478 g/mol. The molecule has 4 aromatic carbocycles. The Morgan fingerprint density at radius 3 is 2.24 bits per heavy atom. The van der Waals surface area contributed by atoms with Crippen LogP contribution in [0, 0.1) is 0 Å². The van der Waals surface area contributed by atoms with E-state index < -0.39 is 0 Å². The first-order valence-electron chi connectivity index (χ1n) is 12.1. The number of benzene rings is 4. The molecule has 4 heterocycles. The highest BCUT2D eigenvalue weighted by molar-refractivity contribution is 6.06. The van der Waals surface area contributed by atoms with Crippen molar-refractivity contribution in [3.05, 3.63) is 116 Å². The first kappa shape index (κ1) is 20.1. The number of para-hydroxylation sites is 1. The molecule has 0 unspecified atom stereocenters. The normalized spacial score (nSPS) is 11.8. The summed E-state index contributed by atoms with van der Waals surface area (Å²) in [5, 5.41) is 5.49. The Morgan fingerprint density at radius 1 is 0.514 bits per heavy atom. The van der Waals surface area contributed by atoms with E-state index in [0.717, 1.165) is 61.1 Å². The Morgan fingerprint density at radius 2 is 1.27 bits per heavy atom. The van der Waals surface area contributed by atoms with Crippen LogP contribution in [0.3, 0.4) is 0 Å². The van der Waals surface area contributed by atoms with Crippen LogP contribution in [-0.4, -0.2) is 9.97 Å². The minimum Gasteiger partial charge on any atom is -0.454 e. The average Bonchev–Trinajstić information content (AvgIpc) is 3.50. The number of nitrogens with zero attached hydrogens (tertiary/aromatic N) is 3. The topological polar surface area (TPSA) is 55.3 Å². The number of hydrogen-bond acceptors (Lipinski definition) is 5. The summed E-state index contributed by atoms with van der Waals surface area (Å²) < 4.78 is 12.4. The number of furan rings is 2. The summed E-state index contributed by atoms with van der Waals surface area (Å²) in [6, 6.07) is 33.2. The minimum absolute atomic E-state index is 0.750. The van der Waals surface area contributed by atoms with Gasteiger partial charge in [0.15, 0.2) is 11.2 Å². The second-order valence-electron chi connectivity index (χ2n) is 9.16. The highest BCUT2D eigenvalue weighted by Gasteiger charge is 2.18. The van der Waals surface area contributed by atoms with Crippen LogP contribution < -0.4 is 4.90 Å². The Labute approximate surface area is 211 Å². The number of fused-ring (bicyclic) bond motifs is 7. The molecule has 8 rings (SSSR count). The number of aromatic nitrogens is 2. The molecule has 0 N–H and O–H groups in total. The van der Waals surface area contributed by atoms with E-state index in [-0.39, 0.29) is 0 Å². The molecule has 0 aliphatic rings. The van der Waals surface area contributed by atoms with Crippen LogP contribution in [-0.2, 0) is 0 Å². The number of rotatable bonds is 3. The smallest absolute Gasteiger partial charge is 0.155 e. The Kier molecular flexibility index (Phi) is 4.16. The lowest BCUT2D eigenvalue weighted by molar-refractivity contribution is 0.667. The van der Waals surface area contributed by atoms with Crippen molar-refractivity contribution in [1.82, 2.24) is 9.97 Å². The Bertz CT molecular complexity index is 2010. The van der Waals surface area contributed by atoms with Crippen LogP contribution in [0.15, 0.2) is 124 Å². The summed E-state index contributed by atoms with van der Waals surface area (Å²) in [6.07, 6.45) is 5.46. The third-order valence-electron chi connectivity index (χ3n) is 6.97. The van der Waals surface area contributed by atoms with Gasteiger partial charge >= 0.3 is 0 Å². The molecule has 0 radical (unpaired) electrons. The molecule has 0 fully saturated rings. The lowest BCUT2D eigenvalue weighted by Crippen LogP contribution is -2.10. The van der Waals surface area contributed by atoms with Crippen molar-refractivity contribution in [3.8, 4) is 0 Å². The van der Waals surface area contributed by atoms with Gasteiger partial charge in [-0.25, -0.2) is 4.98 Å². The molecule has 0 amide bonds. The lowest BCUT2D eigenvalue weighted by Gasteiger charge is -2.25. The van der Waals surface area contributed by atoms with Crippen molar-refractivity contribution in [1.29, 1.82) is 0 Å². The summed E-state index contributed by atoms with van der Waals surface area (Å²) in [6.45, 7) is 0. The van der Waals surface area contributed by atoms with Gasteiger partial charge in [-0.3, -0.25) is 4.98 Å². The van der Waals surface area contributed by atoms with Crippen LogP contribution in [0.1, 0.15) is 0 Å². The van der Waals surface area contributed by atoms with Crippen molar-refractivity contribution >= 4 is 71.8 Å². The first-order valence-corrected chi connectivity index (χ1v) is 12.1. The predicted molar refractivity (Wildman–Crippen MR) is 149 cm³/mol. The van der Waals surface area contributed by atoms with Gasteiger partial charge in [-0.05, 0) is 53.2 Å². The summed E-state index contributed by atoms with van der Waals surface area (Å²) in [5.74, 6) is 0. The van der Waals surface area contributed by atoms with E-state index in [1.165, 1.54) is 10.8 Å². The van der Waals surface area contributed by atoms with Gasteiger partial charge in [0.05, 0.1) is 18.1 Å². The van der Waals surface area contributed by atoms with E-state index in [1.807, 2.05) is 36.5 Å². The second kappa shape index (κ2) is 7.67. The van der Waals surface area contributed by atoms with E-state index in [1.54, 1.807) is 12.4 Å². The van der Waals surface area contributed by atoms with Gasteiger partial charge in [-0.15, -0.1) is 0 Å². The molecular weight excluding hydrogens is 458 g/mol. The van der Waals surface area contributed by atoms with Crippen molar-refractivity contribution in [2.45, 2.75) is 0 Å². The van der Waals surface area contributed by atoms with Gasteiger partial charge in [0.25, 0.3) is 0 Å². The standard InChI is InChI=1S/C32H19N3O2/c1-2-6-21-15-22(10-9-20(21)5-1)35(23-11-12-25-26-13-14-33-19-31(26)37-29(25)16-23)24-17-30-32(34-18-24)27-7-3-4-8-28(27)36-30/h1-19H. The highest BCUT2D eigenvalue weighted by Crippen LogP contribution is 2.40. The van der Waals surface area contributed by atoms with Gasteiger partial charge in [-0.2, -0.15) is 0 Å². The van der Waals surface area contributed by atoms with Crippen LogP contribution in [0.2, 0.25) is 0 Å². The third-order valence-corrected chi connectivity index (χ3v) is 6.97. The molecule has 174 valence electrons. The van der Waals surface area contributed by atoms with Gasteiger partial charge in [-0.1, -0.05) is 42.5 Å². The molecule has 4 aromatic heterocycles. The maximum absolute atomic E-state index is 6.18. The maximum atomic E-state index is 6.18. The Hall–Kier alpha value is -5.16. The molecule has 5 heteroatoms. The molecule has 0 saturated heterocycles. The quantitative estimate of drug-likeness (QED) is 0.254. The molecule has 0 spiro atoms. The first-order chi connectivity index (χ1) is 18.3. The van der Waals surface area contributed by atoms with Crippen LogP contribution >= 0.6 is 0 Å². The van der Waals surface area contributed by atoms with Crippen molar-refractivity contribution in [2.24, 2.45) is 0 Å². The SMILES string of the molecule is c1ccc2cc(N(c3ccc4c(c3)oc3cnccc34)c3cnc4c(c3)oc3ccccc34)ccc2c1. The van der Waals surface area contributed by atoms with Crippen molar-refractivity contribution < 1.29 is 8.83 Å². The van der Waals surface area contributed by atoms with Gasteiger partial charge in [0, 0.05) is 45.9 Å². The summed E-state index contributed by atoms with van der Waals surface area (Å²) in [7, 11) is 0. The van der Waals surface area contributed by atoms with Gasteiger partial charge in [0.1, 0.15) is 16.7 Å². The molecule has 0 saturated carbocycles. The van der Waals surface area contributed by atoms with E-state index in [2.05, 4.69) is 76.6 Å². The fourth-order valence-electron chi connectivity index (χ4n) is 5.23. The van der Waals surface area contributed by atoms with Crippen molar-refractivity contribution in [3.63, 3.8) is 0 Å². The van der Waals surface area contributed by atoms with Crippen LogP contribution in [0.25, 0.3) is 54.8 Å². The third kappa shape index (κ3) is 3.11. The fourth-order valence-corrected chi connectivity index (χ4v) is 5.23. The van der Waals surface area contributed by atoms with E-state index in [9.17, 15) is 0 Å². The lowest BCUT2D eigenvalue weighted by atomic mass is 10.1.